The number of benzene rings is 1. The Kier molecular flexibility index (Phi) is 3.82. The molecule has 1 spiro atoms. The minimum atomic E-state index is 0.147. The van der Waals surface area contributed by atoms with Crippen molar-refractivity contribution in [2.75, 3.05) is 5.32 Å². The van der Waals surface area contributed by atoms with Crippen LogP contribution in [0.1, 0.15) is 43.4 Å². The van der Waals surface area contributed by atoms with Crippen LogP contribution >= 0.6 is 0 Å². The third kappa shape index (κ3) is 2.85. The maximum absolute atomic E-state index is 4.98. The number of nitrogens with one attached hydrogen (secondary N) is 1. The lowest BCUT2D eigenvalue weighted by Gasteiger charge is -2.42. The topological polar surface area (TPSA) is 50.2 Å². The minimum Gasteiger partial charge on any atom is -0.341 e. The summed E-state index contributed by atoms with van der Waals surface area (Å²) in [4.78, 5) is 13.6. The molecule has 1 saturated carbocycles. The number of nitrogens with zero attached hydrogens (tertiary/aromatic N) is 3. The molecule has 23 heavy (non-hydrogen) atoms. The summed E-state index contributed by atoms with van der Waals surface area (Å²) in [7, 11) is 0. The summed E-state index contributed by atoms with van der Waals surface area (Å²) in [6.45, 7) is 0.730. The van der Waals surface area contributed by atoms with E-state index >= 15 is 0 Å². The zero-order valence-electron chi connectivity index (χ0n) is 13.3. The lowest BCUT2D eigenvalue weighted by molar-refractivity contribution is 0.276. The summed E-state index contributed by atoms with van der Waals surface area (Å²) >= 11 is 0. The van der Waals surface area contributed by atoms with Crippen molar-refractivity contribution in [2.24, 2.45) is 10.4 Å². The van der Waals surface area contributed by atoms with Gasteiger partial charge in [0, 0.05) is 11.8 Å². The van der Waals surface area contributed by atoms with Gasteiger partial charge < -0.3 is 5.32 Å². The lowest BCUT2D eigenvalue weighted by atomic mass is 9.68. The fraction of sp³-hybridized carbons (Fsp3) is 0.421. The second kappa shape index (κ2) is 6.11. The second-order valence-electron chi connectivity index (χ2n) is 6.68. The van der Waals surface area contributed by atoms with Gasteiger partial charge in [-0.15, -0.1) is 0 Å². The zero-order valence-corrected chi connectivity index (χ0v) is 13.3. The number of hydrogen-bond donors (Lipinski definition) is 1. The van der Waals surface area contributed by atoms with E-state index in [9.17, 15) is 0 Å². The molecule has 1 fully saturated rings. The van der Waals surface area contributed by atoms with E-state index < -0.39 is 0 Å². The van der Waals surface area contributed by atoms with E-state index in [1.807, 2.05) is 12.3 Å². The Morgan fingerprint density at radius 3 is 2.74 bits per heavy atom. The van der Waals surface area contributed by atoms with E-state index in [0.29, 0.717) is 0 Å². The number of aromatic nitrogens is 2. The Morgan fingerprint density at radius 1 is 1.09 bits per heavy atom. The molecule has 0 amide bonds. The molecule has 4 rings (SSSR count). The van der Waals surface area contributed by atoms with E-state index in [4.69, 9.17) is 4.99 Å². The Labute approximate surface area is 137 Å². The molecule has 1 aromatic carbocycles. The van der Waals surface area contributed by atoms with Gasteiger partial charge in [-0.2, -0.15) is 0 Å². The van der Waals surface area contributed by atoms with Crippen molar-refractivity contribution in [1.29, 1.82) is 0 Å². The van der Waals surface area contributed by atoms with Crippen molar-refractivity contribution in [3.05, 3.63) is 54.1 Å². The summed E-state index contributed by atoms with van der Waals surface area (Å²) in [6, 6.07) is 10.5. The highest BCUT2D eigenvalue weighted by atomic mass is 15.1. The average Bonchev–Trinajstić information content (AvgIpc) is 2.61. The van der Waals surface area contributed by atoms with Crippen LogP contribution < -0.4 is 5.32 Å². The monoisotopic (exact) mass is 306 g/mol. The summed E-state index contributed by atoms with van der Waals surface area (Å²) in [5, 5.41) is 3.55. The SMILES string of the molecule is c1ccc(CN=C2Nc3cncnc3CC23CCCCC3)cc1. The lowest BCUT2D eigenvalue weighted by Crippen LogP contribution is -2.44. The van der Waals surface area contributed by atoms with Crippen molar-refractivity contribution >= 4 is 11.5 Å². The molecule has 0 saturated heterocycles. The summed E-state index contributed by atoms with van der Waals surface area (Å²) < 4.78 is 0. The highest BCUT2D eigenvalue weighted by molar-refractivity contribution is 6.02. The molecule has 0 unspecified atom stereocenters. The summed E-state index contributed by atoms with van der Waals surface area (Å²) in [6.07, 6.45) is 10.8. The minimum absolute atomic E-state index is 0.147. The Hall–Kier alpha value is -2.23. The van der Waals surface area contributed by atoms with Crippen LogP contribution in [0.3, 0.4) is 0 Å². The van der Waals surface area contributed by atoms with Gasteiger partial charge in [0.1, 0.15) is 12.2 Å². The predicted molar refractivity (Wildman–Crippen MR) is 92.5 cm³/mol. The fourth-order valence-electron chi connectivity index (χ4n) is 3.87. The van der Waals surface area contributed by atoms with Gasteiger partial charge in [0.15, 0.2) is 0 Å². The molecule has 0 radical (unpaired) electrons. The van der Waals surface area contributed by atoms with E-state index in [0.717, 1.165) is 30.2 Å². The zero-order chi connectivity index (χ0) is 15.5. The molecular weight excluding hydrogens is 284 g/mol. The second-order valence-corrected chi connectivity index (χ2v) is 6.68. The number of rotatable bonds is 2. The largest absolute Gasteiger partial charge is 0.341 e. The number of amidine groups is 1. The highest BCUT2D eigenvalue weighted by Gasteiger charge is 2.41. The van der Waals surface area contributed by atoms with E-state index in [1.54, 1.807) is 6.33 Å². The number of anilines is 1. The molecular formula is C19H22N4. The van der Waals surface area contributed by atoms with Crippen LogP contribution in [0, 0.1) is 5.41 Å². The Bertz CT molecular complexity index is 702. The Balaban J connectivity index is 1.67. The highest BCUT2D eigenvalue weighted by Crippen LogP contribution is 2.44. The maximum Gasteiger partial charge on any atom is 0.115 e. The fourth-order valence-corrected chi connectivity index (χ4v) is 3.87. The standard InChI is InChI=1S/C19H22N4/c1-3-7-15(8-4-1)12-21-18-19(9-5-2-6-10-19)11-16-17(23-18)13-20-14-22-16/h1,3-4,7-8,13-14H,2,5-6,9-12H2,(H,21,23). The van der Waals surface area contributed by atoms with Gasteiger partial charge in [-0.1, -0.05) is 49.6 Å². The molecule has 118 valence electrons. The van der Waals surface area contributed by atoms with Crippen molar-refractivity contribution in [3.8, 4) is 0 Å². The molecule has 0 atom stereocenters. The van der Waals surface area contributed by atoms with Gasteiger partial charge in [0.2, 0.25) is 0 Å². The molecule has 2 aromatic rings. The predicted octanol–water partition coefficient (Wildman–Crippen LogP) is 3.99. The summed E-state index contributed by atoms with van der Waals surface area (Å²) in [5.74, 6) is 1.14. The van der Waals surface area contributed by atoms with Crippen LogP contribution in [-0.2, 0) is 13.0 Å². The third-order valence-electron chi connectivity index (χ3n) is 5.13. The van der Waals surface area contributed by atoms with Crippen LogP contribution in [-0.4, -0.2) is 15.8 Å². The first-order valence-electron chi connectivity index (χ1n) is 8.51. The first-order valence-corrected chi connectivity index (χ1v) is 8.51. The number of aliphatic imine (C=N–C) groups is 1. The van der Waals surface area contributed by atoms with Crippen molar-refractivity contribution in [2.45, 2.75) is 45.1 Å². The van der Waals surface area contributed by atoms with Crippen LogP contribution in [0.15, 0.2) is 47.8 Å². The van der Waals surface area contributed by atoms with Gasteiger partial charge in [-0.05, 0) is 18.4 Å². The molecule has 4 nitrogen and oxygen atoms in total. The van der Waals surface area contributed by atoms with Crippen LogP contribution in [0.2, 0.25) is 0 Å². The molecule has 1 aliphatic heterocycles. The molecule has 1 N–H and O–H groups in total. The molecule has 1 aromatic heterocycles. The smallest absolute Gasteiger partial charge is 0.115 e. The molecule has 0 bridgehead atoms. The number of fused-ring (bicyclic) bond motifs is 1. The maximum atomic E-state index is 4.98. The number of hydrogen-bond acceptors (Lipinski definition) is 3. The van der Waals surface area contributed by atoms with Gasteiger partial charge >= 0.3 is 0 Å². The van der Waals surface area contributed by atoms with E-state index in [-0.39, 0.29) is 5.41 Å². The van der Waals surface area contributed by atoms with Crippen molar-refractivity contribution < 1.29 is 0 Å². The normalized spacial score (nSPS) is 21.0. The van der Waals surface area contributed by atoms with Crippen LogP contribution in [0.25, 0.3) is 0 Å². The van der Waals surface area contributed by atoms with E-state index in [2.05, 4.69) is 39.6 Å². The first kappa shape index (κ1) is 14.4. The third-order valence-corrected chi connectivity index (χ3v) is 5.13. The van der Waals surface area contributed by atoms with Crippen LogP contribution in [0.4, 0.5) is 5.69 Å². The van der Waals surface area contributed by atoms with E-state index in [1.165, 1.54) is 37.7 Å². The van der Waals surface area contributed by atoms with Crippen LogP contribution in [0.5, 0.6) is 0 Å². The quantitative estimate of drug-likeness (QED) is 0.912. The summed E-state index contributed by atoms with van der Waals surface area (Å²) in [5.41, 5.74) is 3.56. The van der Waals surface area contributed by atoms with Gasteiger partial charge in [0.25, 0.3) is 0 Å². The molecule has 2 aliphatic rings. The average molecular weight is 306 g/mol. The van der Waals surface area contributed by atoms with Crippen molar-refractivity contribution in [3.63, 3.8) is 0 Å². The molecule has 2 heterocycles. The Morgan fingerprint density at radius 2 is 1.91 bits per heavy atom. The molecule has 4 heteroatoms. The van der Waals surface area contributed by atoms with Gasteiger partial charge in [-0.25, -0.2) is 9.97 Å². The van der Waals surface area contributed by atoms with Crippen molar-refractivity contribution in [1.82, 2.24) is 9.97 Å². The van der Waals surface area contributed by atoms with Gasteiger partial charge in [-0.3, -0.25) is 4.99 Å². The molecule has 1 aliphatic carbocycles. The first-order chi connectivity index (χ1) is 11.4. The van der Waals surface area contributed by atoms with Gasteiger partial charge in [0.05, 0.1) is 24.1 Å².